The molecule has 3 amide bonds. The topological polar surface area (TPSA) is 122 Å². The summed E-state index contributed by atoms with van der Waals surface area (Å²) in [7, 11) is -3.49. The molecule has 1 aromatic carbocycles. The van der Waals surface area contributed by atoms with Crippen molar-refractivity contribution in [3.8, 4) is 0 Å². The zero-order valence-electron chi connectivity index (χ0n) is 14.9. The Kier molecular flexibility index (Phi) is 8.20. The Morgan fingerprint density at radius 2 is 1.69 bits per heavy atom. The number of sulfone groups is 1. The summed E-state index contributed by atoms with van der Waals surface area (Å²) in [4.78, 5) is 36.7. The lowest BCUT2D eigenvalue weighted by atomic mass is 10.3. The summed E-state index contributed by atoms with van der Waals surface area (Å²) in [5.74, 6) is -1.08. The number of amides is 3. The zero-order chi connectivity index (χ0) is 19.7. The zero-order valence-corrected chi connectivity index (χ0v) is 15.8. The standard InChI is InChI=1S/C16H23N3O6S/c1-4-19(11-15(21)18-16(22)25-5-2)10-14(20)17-12-8-6-7-9-13(12)26(3,23)24/h6-9H,4-5,10-11H2,1-3H3,(H,17,20)(H,18,21,22). The average Bonchev–Trinajstić information content (AvgIpc) is 2.53. The van der Waals surface area contributed by atoms with Gasteiger partial charge in [0.1, 0.15) is 0 Å². The minimum absolute atomic E-state index is 0.0106. The van der Waals surface area contributed by atoms with Gasteiger partial charge in [0, 0.05) is 6.26 Å². The van der Waals surface area contributed by atoms with Gasteiger partial charge in [0.25, 0.3) is 0 Å². The molecule has 0 aliphatic carbocycles. The van der Waals surface area contributed by atoms with E-state index in [0.717, 1.165) is 6.26 Å². The number of para-hydroxylation sites is 1. The van der Waals surface area contributed by atoms with Crippen molar-refractivity contribution < 1.29 is 27.5 Å². The molecule has 0 radical (unpaired) electrons. The van der Waals surface area contributed by atoms with Crippen LogP contribution in [0.1, 0.15) is 13.8 Å². The fourth-order valence-electron chi connectivity index (χ4n) is 2.09. The predicted octanol–water partition coefficient (Wildman–Crippen LogP) is 0.623. The van der Waals surface area contributed by atoms with Crippen molar-refractivity contribution >= 4 is 33.4 Å². The molecule has 0 saturated heterocycles. The summed E-state index contributed by atoms with van der Waals surface area (Å²) in [5.41, 5.74) is 0.173. The highest BCUT2D eigenvalue weighted by molar-refractivity contribution is 7.90. The Labute approximate surface area is 152 Å². The number of ether oxygens (including phenoxy) is 1. The Bertz CT molecular complexity index is 763. The van der Waals surface area contributed by atoms with E-state index in [1.807, 2.05) is 5.32 Å². The summed E-state index contributed by atoms with van der Waals surface area (Å²) in [5, 5.41) is 4.58. The fraction of sp³-hybridized carbons (Fsp3) is 0.438. The van der Waals surface area contributed by atoms with Crippen LogP contribution < -0.4 is 10.6 Å². The van der Waals surface area contributed by atoms with Crippen LogP contribution in [0.5, 0.6) is 0 Å². The Morgan fingerprint density at radius 1 is 1.08 bits per heavy atom. The van der Waals surface area contributed by atoms with Crippen LogP contribution in [-0.4, -0.2) is 63.7 Å². The number of hydrogen-bond acceptors (Lipinski definition) is 7. The summed E-state index contributed by atoms with van der Waals surface area (Å²) >= 11 is 0. The average molecular weight is 385 g/mol. The SMILES string of the molecule is CCOC(=O)NC(=O)CN(CC)CC(=O)Nc1ccccc1S(C)(=O)=O. The molecule has 0 fully saturated rings. The van der Waals surface area contributed by atoms with Crippen molar-refractivity contribution in [2.45, 2.75) is 18.7 Å². The molecule has 0 spiro atoms. The van der Waals surface area contributed by atoms with E-state index in [1.165, 1.54) is 17.0 Å². The van der Waals surface area contributed by atoms with E-state index in [4.69, 9.17) is 0 Å². The Morgan fingerprint density at radius 3 is 2.27 bits per heavy atom. The van der Waals surface area contributed by atoms with Crippen LogP contribution in [0.25, 0.3) is 0 Å². The first kappa shape index (κ1) is 21.6. The quantitative estimate of drug-likeness (QED) is 0.673. The maximum atomic E-state index is 12.2. The second kappa shape index (κ2) is 9.88. The first-order chi connectivity index (χ1) is 12.2. The number of likely N-dealkylation sites (N-methyl/N-ethyl adjacent to an activating group) is 1. The predicted molar refractivity (Wildman–Crippen MR) is 95.5 cm³/mol. The van der Waals surface area contributed by atoms with Crippen molar-refractivity contribution in [3.63, 3.8) is 0 Å². The van der Waals surface area contributed by atoms with Gasteiger partial charge in [-0.1, -0.05) is 19.1 Å². The Hall–Kier alpha value is -2.46. The molecule has 1 aromatic rings. The van der Waals surface area contributed by atoms with E-state index >= 15 is 0 Å². The third-order valence-electron chi connectivity index (χ3n) is 3.26. The van der Waals surface area contributed by atoms with E-state index in [9.17, 15) is 22.8 Å². The number of hydrogen-bond donors (Lipinski definition) is 2. The molecular weight excluding hydrogens is 362 g/mol. The molecule has 9 nitrogen and oxygen atoms in total. The van der Waals surface area contributed by atoms with Gasteiger partial charge in [-0.2, -0.15) is 0 Å². The van der Waals surface area contributed by atoms with Gasteiger partial charge in [-0.05, 0) is 25.6 Å². The van der Waals surface area contributed by atoms with Gasteiger partial charge < -0.3 is 10.1 Å². The van der Waals surface area contributed by atoms with Crippen LogP contribution in [0.15, 0.2) is 29.2 Å². The van der Waals surface area contributed by atoms with Crippen molar-refractivity contribution in [2.75, 3.05) is 37.8 Å². The van der Waals surface area contributed by atoms with Gasteiger partial charge in [-0.3, -0.25) is 19.8 Å². The van der Waals surface area contributed by atoms with Crippen LogP contribution in [-0.2, 0) is 24.2 Å². The third-order valence-corrected chi connectivity index (χ3v) is 4.41. The molecule has 0 atom stereocenters. The lowest BCUT2D eigenvalue weighted by Crippen LogP contribution is -2.43. The number of carbonyl (C=O) groups excluding carboxylic acids is 3. The van der Waals surface area contributed by atoms with Crippen LogP contribution in [0, 0.1) is 0 Å². The maximum absolute atomic E-state index is 12.2. The number of anilines is 1. The summed E-state index contributed by atoms with van der Waals surface area (Å²) < 4.78 is 28.1. The molecule has 2 N–H and O–H groups in total. The van der Waals surface area contributed by atoms with Crippen LogP contribution in [0.2, 0.25) is 0 Å². The largest absolute Gasteiger partial charge is 0.450 e. The number of nitrogens with zero attached hydrogens (tertiary/aromatic N) is 1. The minimum Gasteiger partial charge on any atom is -0.450 e. The summed E-state index contributed by atoms with van der Waals surface area (Å²) in [6.07, 6.45) is 0.204. The molecule has 10 heteroatoms. The molecule has 0 heterocycles. The molecule has 0 bridgehead atoms. The van der Waals surface area contributed by atoms with Gasteiger partial charge in [0.2, 0.25) is 11.8 Å². The van der Waals surface area contributed by atoms with Crippen LogP contribution in [0.3, 0.4) is 0 Å². The number of rotatable bonds is 8. The molecule has 0 aromatic heterocycles. The highest BCUT2D eigenvalue weighted by atomic mass is 32.2. The minimum atomic E-state index is -3.49. The summed E-state index contributed by atoms with van der Waals surface area (Å²) in [6.45, 7) is 3.54. The number of imide groups is 1. The lowest BCUT2D eigenvalue weighted by Gasteiger charge is -2.19. The molecule has 144 valence electrons. The van der Waals surface area contributed by atoms with E-state index in [1.54, 1.807) is 26.0 Å². The van der Waals surface area contributed by atoms with Crippen molar-refractivity contribution in [1.82, 2.24) is 10.2 Å². The molecule has 0 saturated carbocycles. The van der Waals surface area contributed by atoms with E-state index < -0.39 is 27.7 Å². The second-order valence-corrected chi connectivity index (χ2v) is 7.37. The monoisotopic (exact) mass is 385 g/mol. The van der Waals surface area contributed by atoms with E-state index in [2.05, 4.69) is 10.1 Å². The molecule has 0 aliphatic rings. The molecular formula is C16H23N3O6S. The number of carbonyl (C=O) groups is 3. The van der Waals surface area contributed by atoms with E-state index in [0.29, 0.717) is 6.54 Å². The van der Waals surface area contributed by atoms with Crippen molar-refractivity contribution in [3.05, 3.63) is 24.3 Å². The maximum Gasteiger partial charge on any atom is 0.413 e. The number of nitrogens with one attached hydrogen (secondary N) is 2. The fourth-order valence-corrected chi connectivity index (χ4v) is 2.93. The number of benzene rings is 1. The van der Waals surface area contributed by atoms with Gasteiger partial charge in [0.15, 0.2) is 9.84 Å². The molecule has 26 heavy (non-hydrogen) atoms. The van der Waals surface area contributed by atoms with Gasteiger partial charge in [-0.25, -0.2) is 13.2 Å². The van der Waals surface area contributed by atoms with E-state index in [-0.39, 0.29) is 30.3 Å². The van der Waals surface area contributed by atoms with Gasteiger partial charge in [0.05, 0.1) is 30.3 Å². The van der Waals surface area contributed by atoms with Crippen molar-refractivity contribution in [1.29, 1.82) is 0 Å². The first-order valence-electron chi connectivity index (χ1n) is 7.95. The van der Waals surface area contributed by atoms with Crippen LogP contribution in [0.4, 0.5) is 10.5 Å². The number of alkyl carbamates (subject to hydrolysis) is 1. The smallest absolute Gasteiger partial charge is 0.413 e. The summed E-state index contributed by atoms with van der Waals surface area (Å²) in [6, 6.07) is 6.05. The molecule has 0 aliphatic heterocycles. The lowest BCUT2D eigenvalue weighted by molar-refractivity contribution is -0.122. The van der Waals surface area contributed by atoms with Gasteiger partial charge >= 0.3 is 6.09 Å². The first-order valence-corrected chi connectivity index (χ1v) is 9.84. The normalized spacial score (nSPS) is 11.1. The van der Waals surface area contributed by atoms with Crippen LogP contribution >= 0.6 is 0 Å². The Balaban J connectivity index is 2.69. The highest BCUT2D eigenvalue weighted by Gasteiger charge is 2.18. The van der Waals surface area contributed by atoms with Gasteiger partial charge in [-0.15, -0.1) is 0 Å². The molecule has 0 unspecified atom stereocenters. The molecule has 1 rings (SSSR count). The third kappa shape index (κ3) is 7.19. The van der Waals surface area contributed by atoms with Crippen molar-refractivity contribution in [2.24, 2.45) is 0 Å². The highest BCUT2D eigenvalue weighted by Crippen LogP contribution is 2.20. The second-order valence-electron chi connectivity index (χ2n) is 5.39.